The quantitative estimate of drug-likeness (QED) is 0.0261. The Labute approximate surface area is 443 Å². The van der Waals surface area contributed by atoms with Gasteiger partial charge in [-0.3, -0.25) is 14.4 Å². The lowest BCUT2D eigenvalue weighted by Gasteiger charge is -2.18. The summed E-state index contributed by atoms with van der Waals surface area (Å²) >= 11 is 0. The number of esters is 3. The Morgan fingerprint density at radius 2 is 0.556 bits per heavy atom. The lowest BCUT2D eigenvalue weighted by atomic mass is 10.0. The molecule has 0 aliphatic carbocycles. The molecule has 0 aromatic rings. The second kappa shape index (κ2) is 59.1. The van der Waals surface area contributed by atoms with Gasteiger partial charge in [0.05, 0.1) is 0 Å². The van der Waals surface area contributed by atoms with Gasteiger partial charge in [-0.2, -0.15) is 0 Å². The Morgan fingerprint density at radius 3 is 0.889 bits per heavy atom. The molecule has 0 aromatic carbocycles. The van der Waals surface area contributed by atoms with Gasteiger partial charge in [-0.1, -0.05) is 251 Å². The largest absolute Gasteiger partial charge is 0.462 e. The van der Waals surface area contributed by atoms with E-state index in [-0.39, 0.29) is 44.0 Å². The third-order valence-electron chi connectivity index (χ3n) is 11.9. The van der Waals surface area contributed by atoms with Gasteiger partial charge in [0.1, 0.15) is 13.2 Å². The average Bonchev–Trinajstić information content (AvgIpc) is 3.38. The predicted molar refractivity (Wildman–Crippen MR) is 311 cm³/mol. The Morgan fingerprint density at radius 1 is 0.292 bits per heavy atom. The lowest BCUT2D eigenvalue weighted by Crippen LogP contribution is -2.30. The van der Waals surface area contributed by atoms with Crippen molar-refractivity contribution in [3.8, 4) is 0 Å². The molecule has 0 fully saturated rings. The summed E-state index contributed by atoms with van der Waals surface area (Å²) in [5.41, 5.74) is 0. The second-order valence-corrected chi connectivity index (χ2v) is 18.8. The maximum Gasteiger partial charge on any atom is 0.306 e. The molecular weight excluding hydrogens is 889 g/mol. The van der Waals surface area contributed by atoms with Gasteiger partial charge in [-0.05, 0) is 109 Å². The van der Waals surface area contributed by atoms with Crippen LogP contribution in [0.5, 0.6) is 0 Å². The monoisotopic (exact) mass is 995 g/mol. The SMILES string of the molecule is CC/C=C\C/C=C\C/C=C\C/C=C\C/C=C\C/C=C\CCCCC(=O)OCC(COC(=O)CCCCCCCCCCCCCCCCCC)OC(=O)CCC/C=C\C/C=C\C/C=C\C/C=C\C/C=C\CC. The van der Waals surface area contributed by atoms with E-state index in [1.54, 1.807) is 0 Å². The van der Waals surface area contributed by atoms with Crippen molar-refractivity contribution in [2.45, 2.75) is 252 Å². The number of allylic oxidation sites excluding steroid dienone is 22. The minimum atomic E-state index is -0.830. The minimum absolute atomic E-state index is 0.117. The molecule has 1 atom stereocenters. The first-order valence-corrected chi connectivity index (χ1v) is 29.2. The number of carbonyl (C=O) groups is 3. The van der Waals surface area contributed by atoms with Crippen molar-refractivity contribution in [1.29, 1.82) is 0 Å². The molecule has 0 heterocycles. The van der Waals surface area contributed by atoms with Gasteiger partial charge in [0.15, 0.2) is 6.10 Å². The van der Waals surface area contributed by atoms with Crippen LogP contribution < -0.4 is 0 Å². The molecule has 0 saturated heterocycles. The maximum absolute atomic E-state index is 12.8. The molecule has 0 aromatic heterocycles. The molecule has 0 amide bonds. The summed E-state index contributed by atoms with van der Waals surface area (Å²) in [6.45, 7) is 6.33. The van der Waals surface area contributed by atoms with Crippen LogP contribution in [0, 0.1) is 0 Å². The number of ether oxygens (including phenoxy) is 3. The third-order valence-corrected chi connectivity index (χ3v) is 11.9. The Bertz CT molecular complexity index is 1560. The number of rotatable bonds is 51. The lowest BCUT2D eigenvalue weighted by molar-refractivity contribution is -0.167. The van der Waals surface area contributed by atoms with Crippen molar-refractivity contribution in [2.24, 2.45) is 0 Å². The van der Waals surface area contributed by atoms with Crippen LogP contribution in [0.3, 0.4) is 0 Å². The van der Waals surface area contributed by atoms with Gasteiger partial charge >= 0.3 is 17.9 Å². The van der Waals surface area contributed by atoms with Crippen LogP contribution >= 0.6 is 0 Å². The molecule has 0 saturated carbocycles. The topological polar surface area (TPSA) is 78.9 Å². The molecular formula is C66H106O6. The third kappa shape index (κ3) is 56.5. The molecule has 0 aliphatic rings. The van der Waals surface area contributed by atoms with Crippen molar-refractivity contribution in [3.05, 3.63) is 134 Å². The van der Waals surface area contributed by atoms with Crippen molar-refractivity contribution < 1.29 is 28.6 Å². The highest BCUT2D eigenvalue weighted by Crippen LogP contribution is 2.15. The Kier molecular flexibility index (Phi) is 55.5. The first-order chi connectivity index (χ1) is 35.5. The molecule has 0 aliphatic heterocycles. The smallest absolute Gasteiger partial charge is 0.306 e. The fourth-order valence-corrected chi connectivity index (χ4v) is 7.60. The van der Waals surface area contributed by atoms with E-state index in [1.165, 1.54) is 83.5 Å². The second-order valence-electron chi connectivity index (χ2n) is 18.8. The van der Waals surface area contributed by atoms with Crippen LogP contribution in [0.4, 0.5) is 0 Å². The standard InChI is InChI=1S/C66H106O6/c1-4-7-10-13-16-19-22-25-28-31-32-33-34-36-38-41-44-47-50-53-56-59-65(68)71-62-63(61-70-64(67)58-55-52-49-46-43-40-37-30-27-24-21-18-15-12-9-6-3)72-66(69)60-57-54-51-48-45-42-39-35-29-26-23-20-17-14-11-8-5-2/h7-8,10-11,16-17,19-20,25-26,28-29,32-33,36,38-39,42,44,47-48,51,63H,4-6,9,12-15,18,21-24,27,30-31,34-35,37,40-41,43,45-46,49-50,52-62H2,1-3H3/b10-7-,11-8-,19-16-,20-17-,28-25-,29-26-,33-32-,38-36-,42-39-,47-44-,51-48-. The van der Waals surface area contributed by atoms with Crippen LogP contribution in [0.15, 0.2) is 134 Å². The molecule has 1 unspecified atom stereocenters. The van der Waals surface area contributed by atoms with E-state index in [1.807, 2.05) is 0 Å². The molecule has 6 heteroatoms. The highest BCUT2D eigenvalue weighted by Gasteiger charge is 2.19. The van der Waals surface area contributed by atoms with Crippen molar-refractivity contribution in [2.75, 3.05) is 13.2 Å². The molecule has 0 rings (SSSR count). The zero-order valence-corrected chi connectivity index (χ0v) is 46.4. The van der Waals surface area contributed by atoms with E-state index in [0.29, 0.717) is 19.3 Å². The zero-order chi connectivity index (χ0) is 52.2. The number of unbranched alkanes of at least 4 members (excludes halogenated alkanes) is 18. The molecule has 0 bridgehead atoms. The highest BCUT2D eigenvalue weighted by molar-refractivity contribution is 5.71. The molecule has 72 heavy (non-hydrogen) atoms. The summed E-state index contributed by atoms with van der Waals surface area (Å²) in [4.78, 5) is 38.2. The first-order valence-electron chi connectivity index (χ1n) is 29.2. The van der Waals surface area contributed by atoms with E-state index in [2.05, 4.69) is 154 Å². The van der Waals surface area contributed by atoms with Crippen LogP contribution in [-0.2, 0) is 28.6 Å². The summed E-state index contributed by atoms with van der Waals surface area (Å²) in [6.07, 6.45) is 83.1. The predicted octanol–water partition coefficient (Wildman–Crippen LogP) is 19.8. The number of hydrogen-bond acceptors (Lipinski definition) is 6. The van der Waals surface area contributed by atoms with Crippen LogP contribution in [-0.4, -0.2) is 37.2 Å². The van der Waals surface area contributed by atoms with Gasteiger partial charge in [-0.25, -0.2) is 0 Å². The van der Waals surface area contributed by atoms with Gasteiger partial charge in [0.25, 0.3) is 0 Å². The van der Waals surface area contributed by atoms with E-state index < -0.39 is 6.10 Å². The van der Waals surface area contributed by atoms with Crippen molar-refractivity contribution in [3.63, 3.8) is 0 Å². The average molecular weight is 996 g/mol. The van der Waals surface area contributed by atoms with Gasteiger partial charge in [0.2, 0.25) is 0 Å². The van der Waals surface area contributed by atoms with E-state index in [4.69, 9.17) is 14.2 Å². The van der Waals surface area contributed by atoms with Crippen LogP contribution in [0.25, 0.3) is 0 Å². The molecule has 6 nitrogen and oxygen atoms in total. The van der Waals surface area contributed by atoms with Crippen LogP contribution in [0.1, 0.15) is 245 Å². The summed E-state index contributed by atoms with van der Waals surface area (Å²) in [7, 11) is 0. The summed E-state index contributed by atoms with van der Waals surface area (Å²) in [5.74, 6) is -1.02. The van der Waals surface area contributed by atoms with E-state index in [0.717, 1.165) is 109 Å². The molecule has 0 spiro atoms. The maximum atomic E-state index is 12.8. The fraction of sp³-hybridized carbons (Fsp3) is 0.621. The first kappa shape index (κ1) is 67.5. The molecule has 406 valence electrons. The number of carbonyl (C=O) groups excluding carboxylic acids is 3. The Balaban J connectivity index is 4.56. The summed E-state index contributed by atoms with van der Waals surface area (Å²) in [5, 5.41) is 0. The fourth-order valence-electron chi connectivity index (χ4n) is 7.60. The molecule has 0 N–H and O–H groups in total. The summed E-state index contributed by atoms with van der Waals surface area (Å²) in [6, 6.07) is 0. The van der Waals surface area contributed by atoms with Crippen molar-refractivity contribution in [1.82, 2.24) is 0 Å². The highest BCUT2D eigenvalue weighted by atomic mass is 16.6. The van der Waals surface area contributed by atoms with E-state index in [9.17, 15) is 14.4 Å². The minimum Gasteiger partial charge on any atom is -0.462 e. The zero-order valence-electron chi connectivity index (χ0n) is 46.4. The van der Waals surface area contributed by atoms with Crippen molar-refractivity contribution >= 4 is 17.9 Å². The van der Waals surface area contributed by atoms with Gasteiger partial charge in [0, 0.05) is 19.3 Å². The number of hydrogen-bond donors (Lipinski definition) is 0. The van der Waals surface area contributed by atoms with Gasteiger partial charge in [-0.15, -0.1) is 0 Å². The van der Waals surface area contributed by atoms with Gasteiger partial charge < -0.3 is 14.2 Å². The normalized spacial score (nSPS) is 13.1. The Hall–Kier alpha value is -4.45. The van der Waals surface area contributed by atoms with E-state index >= 15 is 0 Å². The molecule has 0 radical (unpaired) electrons. The summed E-state index contributed by atoms with van der Waals surface area (Å²) < 4.78 is 16.8. The van der Waals surface area contributed by atoms with Crippen LogP contribution in [0.2, 0.25) is 0 Å².